The van der Waals surface area contributed by atoms with Crippen LogP contribution in [0.4, 0.5) is 18.9 Å². The van der Waals surface area contributed by atoms with Gasteiger partial charge >= 0.3 is 6.18 Å². The topological polar surface area (TPSA) is 66.6 Å². The van der Waals surface area contributed by atoms with Gasteiger partial charge in [0, 0.05) is 31.7 Å². The number of nitrogens with two attached hydrogens (primary N) is 1. The molecule has 0 fully saturated rings. The number of halogens is 3. The van der Waals surface area contributed by atoms with Crippen LogP contribution in [0.3, 0.4) is 0 Å². The number of aryl methyl sites for hydroxylation is 1. The summed E-state index contributed by atoms with van der Waals surface area (Å²) in [5, 5.41) is 0. The van der Waals surface area contributed by atoms with Gasteiger partial charge in [0.15, 0.2) is 0 Å². The van der Waals surface area contributed by atoms with E-state index in [1.165, 1.54) is 12.1 Å². The molecule has 30 heavy (non-hydrogen) atoms. The maximum Gasteiger partial charge on any atom is 0.416 e. The van der Waals surface area contributed by atoms with E-state index in [0.29, 0.717) is 37.2 Å². The van der Waals surface area contributed by atoms with Crippen LogP contribution >= 0.6 is 0 Å². The molecule has 0 atom stereocenters. The van der Waals surface area contributed by atoms with Crippen molar-refractivity contribution >= 4 is 17.5 Å². The highest BCUT2D eigenvalue weighted by Gasteiger charge is 2.32. The van der Waals surface area contributed by atoms with Crippen molar-refractivity contribution in [1.29, 1.82) is 0 Å². The Balaban J connectivity index is 1.76. The van der Waals surface area contributed by atoms with E-state index in [2.05, 4.69) is 0 Å². The minimum absolute atomic E-state index is 0.0317. The largest absolute Gasteiger partial charge is 0.416 e. The first-order valence-electron chi connectivity index (χ1n) is 9.79. The fourth-order valence-electron chi connectivity index (χ4n) is 3.62. The maximum absolute atomic E-state index is 13.0. The second-order valence-corrected chi connectivity index (χ2v) is 7.38. The molecule has 0 radical (unpaired) electrons. The normalized spacial score (nSPS) is 13.6. The molecule has 2 aromatic carbocycles. The number of hydrogen-bond acceptors (Lipinski definition) is 3. The molecular weight excluding hydrogens is 395 g/mol. The highest BCUT2D eigenvalue weighted by atomic mass is 19.4. The zero-order valence-corrected chi connectivity index (χ0v) is 16.5. The van der Waals surface area contributed by atoms with E-state index in [4.69, 9.17) is 5.73 Å². The van der Waals surface area contributed by atoms with Crippen molar-refractivity contribution in [2.75, 3.05) is 24.5 Å². The predicted octanol–water partition coefficient (Wildman–Crippen LogP) is 3.36. The Morgan fingerprint density at radius 3 is 2.50 bits per heavy atom. The van der Waals surface area contributed by atoms with Crippen molar-refractivity contribution in [3.05, 3.63) is 65.2 Å². The molecule has 1 aliphatic heterocycles. The molecule has 160 valence electrons. The number of fused-ring (bicyclic) bond motifs is 1. The highest BCUT2D eigenvalue weighted by molar-refractivity contribution is 5.83. The number of nitrogens with zero attached hydrogens (tertiary/aromatic N) is 2. The number of anilines is 1. The Morgan fingerprint density at radius 2 is 1.83 bits per heavy atom. The molecule has 0 saturated carbocycles. The average Bonchev–Trinajstić information content (AvgIpc) is 2.70. The van der Waals surface area contributed by atoms with Crippen molar-refractivity contribution in [3.8, 4) is 0 Å². The van der Waals surface area contributed by atoms with E-state index in [-0.39, 0.29) is 25.4 Å². The van der Waals surface area contributed by atoms with Gasteiger partial charge in [0.05, 0.1) is 12.1 Å². The highest BCUT2D eigenvalue weighted by Crippen LogP contribution is 2.35. The number of alkyl halides is 3. The average molecular weight is 419 g/mol. The van der Waals surface area contributed by atoms with Crippen LogP contribution in [0.25, 0.3) is 0 Å². The summed E-state index contributed by atoms with van der Waals surface area (Å²) >= 11 is 0. The molecule has 0 bridgehead atoms. The fourth-order valence-corrected chi connectivity index (χ4v) is 3.62. The Morgan fingerprint density at radius 1 is 1.10 bits per heavy atom. The molecular formula is C22H24F3N3O2. The van der Waals surface area contributed by atoms with E-state index in [0.717, 1.165) is 11.6 Å². The third-order valence-corrected chi connectivity index (χ3v) is 5.14. The van der Waals surface area contributed by atoms with E-state index in [1.54, 1.807) is 4.90 Å². The van der Waals surface area contributed by atoms with Crippen molar-refractivity contribution in [1.82, 2.24) is 4.90 Å². The van der Waals surface area contributed by atoms with Gasteiger partial charge in [-0.25, -0.2) is 0 Å². The summed E-state index contributed by atoms with van der Waals surface area (Å²) in [5.74, 6) is -0.697. The number of carbonyl (C=O) groups is 2. The third-order valence-electron chi connectivity index (χ3n) is 5.14. The van der Waals surface area contributed by atoms with Crippen molar-refractivity contribution < 1.29 is 22.8 Å². The molecule has 0 unspecified atom stereocenters. The molecule has 0 aromatic heterocycles. The number of primary amides is 1. The van der Waals surface area contributed by atoms with Crippen molar-refractivity contribution in [2.24, 2.45) is 5.73 Å². The Kier molecular flexibility index (Phi) is 6.64. The summed E-state index contributed by atoms with van der Waals surface area (Å²) < 4.78 is 39.0. The lowest BCUT2D eigenvalue weighted by molar-refractivity contribution is -0.137. The second-order valence-electron chi connectivity index (χ2n) is 7.38. The molecule has 0 aliphatic carbocycles. The van der Waals surface area contributed by atoms with E-state index >= 15 is 0 Å². The number of carbonyl (C=O) groups excluding carboxylic acids is 2. The van der Waals surface area contributed by atoms with Crippen LogP contribution in [0.15, 0.2) is 48.5 Å². The second kappa shape index (κ2) is 9.19. The van der Waals surface area contributed by atoms with Gasteiger partial charge in [-0.2, -0.15) is 13.2 Å². The van der Waals surface area contributed by atoms with Crippen LogP contribution < -0.4 is 10.6 Å². The molecule has 2 amide bonds. The van der Waals surface area contributed by atoms with Crippen molar-refractivity contribution in [3.63, 3.8) is 0 Å². The first-order valence-corrected chi connectivity index (χ1v) is 9.79. The number of amides is 2. The van der Waals surface area contributed by atoms with Gasteiger partial charge < -0.3 is 15.5 Å². The molecule has 3 rings (SSSR count). The zero-order chi connectivity index (χ0) is 21.7. The zero-order valence-electron chi connectivity index (χ0n) is 16.5. The van der Waals surface area contributed by atoms with E-state index in [1.807, 2.05) is 35.2 Å². The smallest absolute Gasteiger partial charge is 0.370 e. The summed E-state index contributed by atoms with van der Waals surface area (Å²) in [4.78, 5) is 27.6. The van der Waals surface area contributed by atoms with Gasteiger partial charge in [0.25, 0.3) is 0 Å². The number of rotatable bonds is 7. The molecule has 0 saturated heterocycles. The monoisotopic (exact) mass is 419 g/mol. The Hall–Kier alpha value is -3.03. The quantitative estimate of drug-likeness (QED) is 0.749. The molecule has 2 N–H and O–H groups in total. The lowest BCUT2D eigenvalue weighted by Crippen LogP contribution is -2.43. The molecule has 0 spiro atoms. The van der Waals surface area contributed by atoms with Crippen LogP contribution in [0.1, 0.15) is 29.5 Å². The van der Waals surface area contributed by atoms with Crippen LogP contribution in [0.5, 0.6) is 0 Å². The number of hydrogen-bond donors (Lipinski definition) is 1. The van der Waals surface area contributed by atoms with Gasteiger partial charge in [-0.15, -0.1) is 0 Å². The summed E-state index contributed by atoms with van der Waals surface area (Å²) in [5.41, 5.74) is 6.74. The van der Waals surface area contributed by atoms with Crippen LogP contribution in [-0.2, 0) is 28.7 Å². The van der Waals surface area contributed by atoms with Crippen molar-refractivity contribution in [2.45, 2.75) is 32.0 Å². The lowest BCUT2D eigenvalue weighted by Gasteiger charge is -2.33. The molecule has 1 aliphatic rings. The van der Waals surface area contributed by atoms with Gasteiger partial charge in [0.1, 0.15) is 0 Å². The van der Waals surface area contributed by atoms with Gasteiger partial charge in [-0.1, -0.05) is 30.3 Å². The molecule has 2 aromatic rings. The van der Waals surface area contributed by atoms with Gasteiger partial charge in [-0.3, -0.25) is 9.59 Å². The summed E-state index contributed by atoms with van der Waals surface area (Å²) in [7, 11) is 0. The summed E-state index contributed by atoms with van der Waals surface area (Å²) in [6.07, 6.45) is -3.14. The lowest BCUT2D eigenvalue weighted by atomic mass is 9.99. The Bertz CT molecular complexity index is 900. The third kappa shape index (κ3) is 5.52. The van der Waals surface area contributed by atoms with E-state index < -0.39 is 17.6 Å². The summed E-state index contributed by atoms with van der Waals surface area (Å²) in [6.45, 7) is 1.14. The number of benzene rings is 2. The van der Waals surface area contributed by atoms with Crippen LogP contribution in [-0.4, -0.2) is 36.3 Å². The first kappa shape index (κ1) is 21.7. The van der Waals surface area contributed by atoms with Gasteiger partial charge in [0.2, 0.25) is 11.8 Å². The first-order chi connectivity index (χ1) is 14.2. The van der Waals surface area contributed by atoms with Crippen LogP contribution in [0, 0.1) is 0 Å². The molecule has 1 heterocycles. The van der Waals surface area contributed by atoms with Gasteiger partial charge in [-0.05, 0) is 42.2 Å². The minimum atomic E-state index is -4.39. The standard InChI is InChI=1S/C22H24F3N3O2/c23-22(24,25)18-8-9-19-17(13-18)7-4-11-27(19)15-21(30)28(12-10-20(26)29)14-16-5-2-1-3-6-16/h1-3,5-6,8-9,13H,4,7,10-12,14-15H2,(H2,26,29). The summed E-state index contributed by atoms with van der Waals surface area (Å²) in [6, 6.07) is 13.0. The fraction of sp³-hybridized carbons (Fsp3) is 0.364. The molecule has 5 nitrogen and oxygen atoms in total. The minimum Gasteiger partial charge on any atom is -0.370 e. The SMILES string of the molecule is NC(=O)CCN(Cc1ccccc1)C(=O)CN1CCCc2cc(C(F)(F)F)ccc21. The van der Waals surface area contributed by atoms with Crippen LogP contribution in [0.2, 0.25) is 0 Å². The van der Waals surface area contributed by atoms with E-state index in [9.17, 15) is 22.8 Å². The maximum atomic E-state index is 13.0. The predicted molar refractivity (Wildman–Crippen MR) is 108 cm³/mol. The Labute approximate surface area is 173 Å². The molecule has 8 heteroatoms.